The second kappa shape index (κ2) is 4.36. The van der Waals surface area contributed by atoms with Gasteiger partial charge in [0.05, 0.1) is 6.20 Å². The molecule has 78 valence electrons. The Balaban J connectivity index is 1.85. The minimum absolute atomic E-state index is 0.647. The average Bonchev–Trinajstić information content (AvgIpc) is 2.72. The van der Waals surface area contributed by atoms with Crippen LogP contribution < -0.4 is 5.32 Å². The highest BCUT2D eigenvalue weighted by Gasteiger charge is 2.23. The molecular formula is C10H16N2OS. The van der Waals surface area contributed by atoms with Crippen molar-refractivity contribution in [3.05, 3.63) is 17.5 Å². The molecule has 1 aromatic heterocycles. The summed E-state index contributed by atoms with van der Waals surface area (Å²) in [6.07, 6.45) is 1.80. The van der Waals surface area contributed by atoms with Gasteiger partial charge in [0.1, 0.15) is 5.76 Å². The normalized spacial score (nSPS) is 27.0. The number of hydrogen-bond acceptors (Lipinski definition) is 4. The molecule has 0 aromatic carbocycles. The van der Waals surface area contributed by atoms with Crippen LogP contribution in [-0.2, 0) is 6.54 Å². The van der Waals surface area contributed by atoms with Gasteiger partial charge in [0.15, 0.2) is 0 Å². The number of thioether (sulfide) groups is 1. The average molecular weight is 212 g/mol. The largest absolute Gasteiger partial charge is 0.361 e. The molecule has 1 fully saturated rings. The zero-order chi connectivity index (χ0) is 9.97. The molecule has 2 atom stereocenters. The van der Waals surface area contributed by atoms with Gasteiger partial charge in [-0.2, -0.15) is 11.8 Å². The van der Waals surface area contributed by atoms with E-state index >= 15 is 0 Å². The molecule has 2 unspecified atom stereocenters. The van der Waals surface area contributed by atoms with Crippen molar-refractivity contribution in [2.24, 2.45) is 5.92 Å². The van der Waals surface area contributed by atoms with Crippen molar-refractivity contribution in [3.63, 3.8) is 0 Å². The minimum Gasteiger partial charge on any atom is -0.361 e. The summed E-state index contributed by atoms with van der Waals surface area (Å²) in [7, 11) is 0. The molecule has 1 N–H and O–H groups in total. The van der Waals surface area contributed by atoms with E-state index in [0.717, 1.165) is 18.2 Å². The molecule has 1 aliphatic heterocycles. The van der Waals surface area contributed by atoms with Gasteiger partial charge in [-0.15, -0.1) is 0 Å². The summed E-state index contributed by atoms with van der Waals surface area (Å²) in [5.41, 5.74) is 1.18. The highest BCUT2D eigenvalue weighted by Crippen LogP contribution is 2.23. The van der Waals surface area contributed by atoms with Gasteiger partial charge < -0.3 is 9.84 Å². The first-order valence-electron chi connectivity index (χ1n) is 4.98. The topological polar surface area (TPSA) is 38.1 Å². The summed E-state index contributed by atoms with van der Waals surface area (Å²) < 4.78 is 5.01. The molecule has 2 rings (SSSR count). The molecule has 0 aliphatic carbocycles. The van der Waals surface area contributed by atoms with Gasteiger partial charge in [0.25, 0.3) is 0 Å². The zero-order valence-electron chi connectivity index (χ0n) is 8.62. The Labute approximate surface area is 88.6 Å². The van der Waals surface area contributed by atoms with Crippen LogP contribution in [-0.4, -0.2) is 22.7 Å². The van der Waals surface area contributed by atoms with Crippen LogP contribution >= 0.6 is 11.8 Å². The lowest BCUT2D eigenvalue weighted by Gasteiger charge is -2.15. The van der Waals surface area contributed by atoms with Crippen molar-refractivity contribution < 1.29 is 4.52 Å². The summed E-state index contributed by atoms with van der Waals surface area (Å²) in [6, 6.07) is 0.647. The van der Waals surface area contributed by atoms with Crippen molar-refractivity contribution in [1.29, 1.82) is 0 Å². The van der Waals surface area contributed by atoms with Crippen LogP contribution in [0.25, 0.3) is 0 Å². The van der Waals surface area contributed by atoms with Gasteiger partial charge in [0, 0.05) is 23.9 Å². The molecular weight excluding hydrogens is 196 g/mol. The predicted molar refractivity (Wildman–Crippen MR) is 58.4 cm³/mol. The summed E-state index contributed by atoms with van der Waals surface area (Å²) in [6.45, 7) is 5.14. The molecule has 0 amide bonds. The maximum Gasteiger partial charge on any atom is 0.138 e. The van der Waals surface area contributed by atoms with Crippen LogP contribution in [0.2, 0.25) is 0 Å². The second-order valence-electron chi connectivity index (χ2n) is 3.91. The number of rotatable bonds is 3. The SMILES string of the molecule is Cc1oncc1CNC1CSCC1C. The standard InChI is InChI=1S/C10H16N2OS/c1-7-5-14-6-10(7)11-3-9-4-12-13-8(9)2/h4,7,10-11H,3,5-6H2,1-2H3. The van der Waals surface area contributed by atoms with E-state index in [4.69, 9.17) is 4.52 Å². The fraction of sp³-hybridized carbons (Fsp3) is 0.700. The van der Waals surface area contributed by atoms with Gasteiger partial charge in [-0.1, -0.05) is 12.1 Å². The van der Waals surface area contributed by atoms with Crippen molar-refractivity contribution in [1.82, 2.24) is 10.5 Å². The molecule has 0 saturated carbocycles. The molecule has 0 spiro atoms. The highest BCUT2D eigenvalue weighted by atomic mass is 32.2. The molecule has 1 aromatic rings. The lowest BCUT2D eigenvalue weighted by molar-refractivity contribution is 0.394. The summed E-state index contributed by atoms with van der Waals surface area (Å²) in [4.78, 5) is 0. The van der Waals surface area contributed by atoms with Crippen LogP contribution in [0.3, 0.4) is 0 Å². The van der Waals surface area contributed by atoms with Crippen molar-refractivity contribution >= 4 is 11.8 Å². The first kappa shape index (κ1) is 10.1. The third kappa shape index (κ3) is 2.12. The van der Waals surface area contributed by atoms with Gasteiger partial charge in [-0.05, 0) is 18.6 Å². The first-order valence-corrected chi connectivity index (χ1v) is 6.14. The number of nitrogens with zero attached hydrogens (tertiary/aromatic N) is 1. The number of nitrogens with one attached hydrogen (secondary N) is 1. The molecule has 1 aliphatic rings. The fourth-order valence-corrected chi connectivity index (χ4v) is 3.09. The van der Waals surface area contributed by atoms with Crippen LogP contribution in [0.4, 0.5) is 0 Å². The highest BCUT2D eigenvalue weighted by molar-refractivity contribution is 7.99. The Morgan fingerprint density at radius 3 is 3.07 bits per heavy atom. The van der Waals surface area contributed by atoms with Gasteiger partial charge >= 0.3 is 0 Å². The molecule has 4 heteroatoms. The summed E-state index contributed by atoms with van der Waals surface area (Å²) in [5.74, 6) is 4.21. The Hall–Kier alpha value is -0.480. The van der Waals surface area contributed by atoms with E-state index in [2.05, 4.69) is 17.4 Å². The Morgan fingerprint density at radius 2 is 2.50 bits per heavy atom. The van der Waals surface area contributed by atoms with E-state index in [1.54, 1.807) is 6.20 Å². The van der Waals surface area contributed by atoms with E-state index in [0.29, 0.717) is 6.04 Å². The predicted octanol–water partition coefficient (Wildman–Crippen LogP) is 1.82. The molecule has 0 radical (unpaired) electrons. The van der Waals surface area contributed by atoms with Gasteiger partial charge in [-0.25, -0.2) is 0 Å². The second-order valence-corrected chi connectivity index (χ2v) is 4.98. The van der Waals surface area contributed by atoms with E-state index in [1.165, 1.54) is 17.1 Å². The van der Waals surface area contributed by atoms with E-state index < -0.39 is 0 Å². The van der Waals surface area contributed by atoms with E-state index in [9.17, 15) is 0 Å². The van der Waals surface area contributed by atoms with Crippen LogP contribution in [0, 0.1) is 12.8 Å². The van der Waals surface area contributed by atoms with Crippen LogP contribution in [0.5, 0.6) is 0 Å². The number of aryl methyl sites for hydroxylation is 1. The maximum atomic E-state index is 5.01. The molecule has 3 nitrogen and oxygen atoms in total. The molecule has 1 saturated heterocycles. The van der Waals surface area contributed by atoms with E-state index in [-0.39, 0.29) is 0 Å². The summed E-state index contributed by atoms with van der Waals surface area (Å²) >= 11 is 2.03. The molecule has 14 heavy (non-hydrogen) atoms. The van der Waals surface area contributed by atoms with E-state index in [1.807, 2.05) is 18.7 Å². The maximum absolute atomic E-state index is 5.01. The lowest BCUT2D eigenvalue weighted by Crippen LogP contribution is -2.33. The van der Waals surface area contributed by atoms with Crippen molar-refractivity contribution in [3.8, 4) is 0 Å². The quantitative estimate of drug-likeness (QED) is 0.829. The number of aromatic nitrogens is 1. The fourth-order valence-electron chi connectivity index (χ4n) is 1.65. The summed E-state index contributed by atoms with van der Waals surface area (Å²) in [5, 5.41) is 7.32. The molecule has 2 heterocycles. The Kier molecular flexibility index (Phi) is 3.13. The molecule has 0 bridgehead atoms. The zero-order valence-corrected chi connectivity index (χ0v) is 9.43. The smallest absolute Gasteiger partial charge is 0.138 e. The third-order valence-electron chi connectivity index (χ3n) is 2.77. The Morgan fingerprint density at radius 1 is 1.64 bits per heavy atom. The van der Waals surface area contributed by atoms with Crippen molar-refractivity contribution in [2.75, 3.05) is 11.5 Å². The Bertz CT molecular complexity index is 300. The van der Waals surface area contributed by atoms with Gasteiger partial charge in [0.2, 0.25) is 0 Å². The first-order chi connectivity index (χ1) is 6.77. The minimum atomic E-state index is 0.647. The van der Waals surface area contributed by atoms with Crippen LogP contribution in [0.1, 0.15) is 18.2 Å². The monoisotopic (exact) mass is 212 g/mol. The lowest BCUT2D eigenvalue weighted by atomic mass is 10.1. The van der Waals surface area contributed by atoms with Gasteiger partial charge in [-0.3, -0.25) is 0 Å². The number of hydrogen-bond donors (Lipinski definition) is 1. The van der Waals surface area contributed by atoms with Crippen LogP contribution in [0.15, 0.2) is 10.7 Å². The van der Waals surface area contributed by atoms with Crippen molar-refractivity contribution in [2.45, 2.75) is 26.4 Å². The third-order valence-corrected chi connectivity index (χ3v) is 4.13.